The first-order valence-electron chi connectivity index (χ1n) is 7.94. The summed E-state index contributed by atoms with van der Waals surface area (Å²) in [6.45, 7) is 10.5. The average Bonchev–Trinajstić information content (AvgIpc) is 2.83. The summed E-state index contributed by atoms with van der Waals surface area (Å²) >= 11 is 0. The Hall–Kier alpha value is -2.03. The van der Waals surface area contributed by atoms with Gasteiger partial charge in [0.05, 0.1) is 0 Å². The van der Waals surface area contributed by atoms with Gasteiger partial charge in [-0.3, -0.25) is 4.79 Å². The van der Waals surface area contributed by atoms with Crippen LogP contribution in [0.3, 0.4) is 0 Å². The summed E-state index contributed by atoms with van der Waals surface area (Å²) in [6.07, 6.45) is 4.76. The van der Waals surface area contributed by atoms with E-state index >= 15 is 0 Å². The fourth-order valence-electron chi connectivity index (χ4n) is 3.21. The highest BCUT2D eigenvalue weighted by molar-refractivity contribution is 5.81. The van der Waals surface area contributed by atoms with Crippen molar-refractivity contribution < 1.29 is 4.79 Å². The van der Waals surface area contributed by atoms with Crippen LogP contribution in [0.4, 0.5) is 0 Å². The molecule has 1 aliphatic heterocycles. The first kappa shape index (κ1) is 14.9. The highest BCUT2D eigenvalue weighted by Crippen LogP contribution is 2.27. The molecular weight excluding hydrogens is 272 g/mol. The third-order valence-electron chi connectivity index (χ3n) is 4.40. The van der Waals surface area contributed by atoms with Crippen LogP contribution < -0.4 is 5.32 Å². The molecule has 1 fully saturated rings. The Labute approximate surface area is 132 Å². The maximum atomic E-state index is 12.1. The molecule has 1 atom stereocenters. The molecule has 2 aromatic heterocycles. The highest BCUT2D eigenvalue weighted by atomic mass is 16.1. The van der Waals surface area contributed by atoms with Gasteiger partial charge in [0, 0.05) is 34.4 Å². The number of nitrogens with one attached hydrogen (secondary N) is 1. The molecule has 22 heavy (non-hydrogen) atoms. The Kier molecular flexibility index (Phi) is 3.59. The third kappa shape index (κ3) is 2.80. The minimum Gasteiger partial charge on any atom is -0.330 e. The Bertz CT molecular complexity index is 733. The molecule has 1 unspecified atom stereocenters. The molecule has 3 heteroatoms. The molecule has 3 rings (SSSR count). The molecule has 3 nitrogen and oxygen atoms in total. The Morgan fingerprint density at radius 3 is 2.82 bits per heavy atom. The van der Waals surface area contributed by atoms with Gasteiger partial charge in [-0.15, -0.1) is 0 Å². The molecule has 1 N–H and O–H groups in total. The molecule has 0 aliphatic carbocycles. The van der Waals surface area contributed by atoms with E-state index in [-0.39, 0.29) is 17.2 Å². The van der Waals surface area contributed by atoms with Gasteiger partial charge in [-0.2, -0.15) is 0 Å². The number of fused-ring (bicyclic) bond motifs is 1. The van der Waals surface area contributed by atoms with E-state index in [0.29, 0.717) is 0 Å². The van der Waals surface area contributed by atoms with Crippen LogP contribution in [0.5, 0.6) is 0 Å². The zero-order valence-corrected chi connectivity index (χ0v) is 13.6. The van der Waals surface area contributed by atoms with E-state index in [1.165, 1.54) is 16.8 Å². The summed E-state index contributed by atoms with van der Waals surface area (Å²) in [5.74, 6) is 0.170. The number of carbonyl (C=O) groups is 1. The minimum atomic E-state index is 0.0565. The largest absolute Gasteiger partial charge is 0.330 e. The second kappa shape index (κ2) is 5.31. The van der Waals surface area contributed by atoms with Crippen molar-refractivity contribution in [1.29, 1.82) is 0 Å². The van der Waals surface area contributed by atoms with Gasteiger partial charge in [0.25, 0.3) is 0 Å². The molecule has 2 aromatic rings. The lowest BCUT2D eigenvalue weighted by molar-refractivity contribution is -0.125. The second-order valence-corrected chi connectivity index (χ2v) is 7.34. The van der Waals surface area contributed by atoms with Gasteiger partial charge in [-0.1, -0.05) is 33.4 Å². The van der Waals surface area contributed by atoms with Crippen molar-refractivity contribution in [2.75, 3.05) is 0 Å². The van der Waals surface area contributed by atoms with Gasteiger partial charge in [0.2, 0.25) is 5.91 Å². The summed E-state index contributed by atoms with van der Waals surface area (Å²) in [6, 6.07) is 8.61. The quantitative estimate of drug-likeness (QED) is 0.898. The standard InChI is InChI=1S/C19H24N2O/c1-13-8-9-15(18(22)20-13)10-14-11-16-6-5-7-17(19(2,3)4)21(16)12-14/h5-7,11-12,15H,1,8-10H2,2-4H3,(H,20,22). The van der Waals surface area contributed by atoms with E-state index in [1.807, 2.05) is 0 Å². The van der Waals surface area contributed by atoms with E-state index in [9.17, 15) is 4.79 Å². The number of amides is 1. The van der Waals surface area contributed by atoms with Gasteiger partial charge in [0.1, 0.15) is 0 Å². The minimum absolute atomic E-state index is 0.0565. The van der Waals surface area contributed by atoms with Crippen molar-refractivity contribution in [3.05, 3.63) is 54.0 Å². The van der Waals surface area contributed by atoms with Crippen LogP contribution in [-0.2, 0) is 16.6 Å². The van der Waals surface area contributed by atoms with E-state index in [4.69, 9.17) is 0 Å². The molecule has 0 bridgehead atoms. The molecule has 1 saturated heterocycles. The summed E-state index contributed by atoms with van der Waals surface area (Å²) in [5, 5.41) is 2.88. The molecule has 1 amide bonds. The first-order chi connectivity index (χ1) is 10.3. The van der Waals surface area contributed by atoms with E-state index < -0.39 is 0 Å². The first-order valence-corrected chi connectivity index (χ1v) is 7.94. The zero-order chi connectivity index (χ0) is 15.9. The monoisotopic (exact) mass is 296 g/mol. The molecule has 0 radical (unpaired) electrons. The average molecular weight is 296 g/mol. The van der Waals surface area contributed by atoms with Crippen molar-refractivity contribution in [1.82, 2.24) is 9.72 Å². The van der Waals surface area contributed by atoms with Crippen LogP contribution in [0.1, 0.15) is 44.9 Å². The van der Waals surface area contributed by atoms with Gasteiger partial charge in [0.15, 0.2) is 0 Å². The Morgan fingerprint density at radius 2 is 2.14 bits per heavy atom. The Balaban J connectivity index is 1.90. The second-order valence-electron chi connectivity index (χ2n) is 7.34. The lowest BCUT2D eigenvalue weighted by Crippen LogP contribution is -2.35. The maximum absolute atomic E-state index is 12.1. The number of rotatable bonds is 2. The van der Waals surface area contributed by atoms with Crippen LogP contribution in [0, 0.1) is 5.92 Å². The van der Waals surface area contributed by atoms with Crippen molar-refractivity contribution in [2.45, 2.75) is 45.4 Å². The fourth-order valence-corrected chi connectivity index (χ4v) is 3.21. The topological polar surface area (TPSA) is 33.5 Å². The lowest BCUT2D eigenvalue weighted by Gasteiger charge is -2.23. The van der Waals surface area contributed by atoms with E-state index in [2.05, 4.69) is 67.5 Å². The van der Waals surface area contributed by atoms with Crippen LogP contribution in [0.25, 0.3) is 5.52 Å². The smallest absolute Gasteiger partial charge is 0.227 e. The van der Waals surface area contributed by atoms with Crippen LogP contribution >= 0.6 is 0 Å². The number of nitrogens with zero attached hydrogens (tertiary/aromatic N) is 1. The van der Waals surface area contributed by atoms with Crippen molar-refractivity contribution in [2.24, 2.45) is 5.92 Å². The number of pyridine rings is 1. The van der Waals surface area contributed by atoms with Crippen molar-refractivity contribution in [3.63, 3.8) is 0 Å². The lowest BCUT2D eigenvalue weighted by atomic mass is 9.91. The number of allylic oxidation sites excluding steroid dienone is 1. The molecular formula is C19H24N2O. The highest BCUT2D eigenvalue weighted by Gasteiger charge is 2.25. The summed E-state index contributed by atoms with van der Waals surface area (Å²) < 4.78 is 2.26. The maximum Gasteiger partial charge on any atom is 0.227 e. The molecule has 0 saturated carbocycles. The molecule has 0 spiro atoms. The molecule has 1 aliphatic rings. The van der Waals surface area contributed by atoms with Crippen molar-refractivity contribution >= 4 is 11.4 Å². The third-order valence-corrected chi connectivity index (χ3v) is 4.40. The number of piperidine rings is 1. The summed E-state index contributed by atoms with van der Waals surface area (Å²) in [7, 11) is 0. The van der Waals surface area contributed by atoms with Gasteiger partial charge in [-0.25, -0.2) is 0 Å². The number of carbonyl (C=O) groups excluding carboxylic acids is 1. The number of hydrogen-bond donors (Lipinski definition) is 1. The molecule has 116 valence electrons. The number of aromatic nitrogens is 1. The summed E-state index contributed by atoms with van der Waals surface area (Å²) in [4.78, 5) is 12.1. The molecule has 3 heterocycles. The van der Waals surface area contributed by atoms with Gasteiger partial charge < -0.3 is 9.72 Å². The predicted molar refractivity (Wildman–Crippen MR) is 89.8 cm³/mol. The SMILES string of the molecule is C=C1CCC(Cc2cc3cccc(C(C)(C)C)n3c2)C(=O)N1. The fraction of sp³-hybridized carbons (Fsp3) is 0.421. The normalized spacial score (nSPS) is 19.5. The van der Waals surface area contributed by atoms with Crippen molar-refractivity contribution in [3.8, 4) is 0 Å². The predicted octanol–water partition coefficient (Wildman–Crippen LogP) is 3.82. The summed E-state index contributed by atoms with van der Waals surface area (Å²) in [5.41, 5.74) is 4.65. The molecule has 0 aromatic carbocycles. The van der Waals surface area contributed by atoms with E-state index in [0.717, 1.165) is 25.0 Å². The Morgan fingerprint density at radius 1 is 1.36 bits per heavy atom. The van der Waals surface area contributed by atoms with E-state index in [1.54, 1.807) is 0 Å². The number of hydrogen-bond acceptors (Lipinski definition) is 1. The van der Waals surface area contributed by atoms with Gasteiger partial charge in [-0.05, 0) is 43.0 Å². The van der Waals surface area contributed by atoms with Crippen LogP contribution in [-0.4, -0.2) is 10.3 Å². The van der Waals surface area contributed by atoms with Crippen LogP contribution in [0.15, 0.2) is 42.7 Å². The van der Waals surface area contributed by atoms with Gasteiger partial charge >= 0.3 is 0 Å². The van der Waals surface area contributed by atoms with Crippen LogP contribution in [0.2, 0.25) is 0 Å². The zero-order valence-electron chi connectivity index (χ0n) is 13.6.